The molecule has 2 heterocycles. The molecule has 0 saturated heterocycles. The van der Waals surface area contributed by atoms with Crippen LogP contribution in [0.2, 0.25) is 0 Å². The standard InChI is InChI=1S/C20H15FN4O/c1-26-18-4-2-3-17(13-18)25-20(15-9-11-22-12-10-15)19(23-24-25)14-5-7-16(21)8-6-14/h2-13H,1H3. The van der Waals surface area contributed by atoms with Crippen molar-refractivity contribution in [2.75, 3.05) is 7.11 Å². The van der Waals surface area contributed by atoms with Crippen molar-refractivity contribution in [2.24, 2.45) is 0 Å². The van der Waals surface area contributed by atoms with E-state index in [1.165, 1.54) is 12.1 Å². The van der Waals surface area contributed by atoms with Gasteiger partial charge in [-0.3, -0.25) is 4.98 Å². The van der Waals surface area contributed by atoms with Crippen molar-refractivity contribution >= 4 is 0 Å². The Morgan fingerprint density at radius 1 is 0.923 bits per heavy atom. The minimum absolute atomic E-state index is 0.292. The van der Waals surface area contributed by atoms with E-state index in [4.69, 9.17) is 4.74 Å². The van der Waals surface area contributed by atoms with E-state index in [1.807, 2.05) is 36.4 Å². The number of hydrogen-bond acceptors (Lipinski definition) is 4. The van der Waals surface area contributed by atoms with Crippen LogP contribution in [0, 0.1) is 5.82 Å². The second-order valence-electron chi connectivity index (χ2n) is 5.64. The average Bonchev–Trinajstić information content (AvgIpc) is 3.14. The summed E-state index contributed by atoms with van der Waals surface area (Å²) in [6.45, 7) is 0. The zero-order chi connectivity index (χ0) is 17.9. The second-order valence-corrected chi connectivity index (χ2v) is 5.64. The van der Waals surface area contributed by atoms with Crippen molar-refractivity contribution in [3.8, 4) is 34.0 Å². The van der Waals surface area contributed by atoms with Crippen LogP contribution in [0.4, 0.5) is 4.39 Å². The quantitative estimate of drug-likeness (QED) is 0.557. The lowest BCUT2D eigenvalue weighted by Crippen LogP contribution is -2.00. The number of pyridine rings is 1. The van der Waals surface area contributed by atoms with Crippen LogP contribution in [-0.2, 0) is 0 Å². The molecule has 0 radical (unpaired) electrons. The molecule has 0 aliphatic carbocycles. The number of halogens is 1. The number of benzene rings is 2. The lowest BCUT2D eigenvalue weighted by Gasteiger charge is -2.09. The van der Waals surface area contributed by atoms with Crippen molar-refractivity contribution in [3.63, 3.8) is 0 Å². The molecule has 0 aliphatic rings. The minimum atomic E-state index is -0.292. The van der Waals surface area contributed by atoms with E-state index in [-0.39, 0.29) is 5.82 Å². The van der Waals surface area contributed by atoms with Crippen molar-refractivity contribution in [3.05, 3.63) is 78.9 Å². The van der Waals surface area contributed by atoms with Crippen LogP contribution in [0.1, 0.15) is 0 Å². The SMILES string of the molecule is COc1cccc(-n2nnc(-c3ccc(F)cc3)c2-c2ccncc2)c1. The highest BCUT2D eigenvalue weighted by Gasteiger charge is 2.18. The molecular formula is C20H15FN4O. The van der Waals surface area contributed by atoms with E-state index >= 15 is 0 Å². The lowest BCUT2D eigenvalue weighted by molar-refractivity contribution is 0.414. The Balaban J connectivity index is 1.94. The monoisotopic (exact) mass is 346 g/mol. The maximum Gasteiger partial charge on any atom is 0.123 e. The van der Waals surface area contributed by atoms with Crippen molar-refractivity contribution < 1.29 is 9.13 Å². The first-order valence-corrected chi connectivity index (χ1v) is 8.03. The fraction of sp³-hybridized carbons (Fsp3) is 0.0500. The van der Waals surface area contributed by atoms with Crippen molar-refractivity contribution in [1.82, 2.24) is 20.0 Å². The van der Waals surface area contributed by atoms with E-state index < -0.39 is 0 Å². The molecule has 0 spiro atoms. The molecule has 0 saturated carbocycles. The maximum atomic E-state index is 13.3. The summed E-state index contributed by atoms with van der Waals surface area (Å²) < 4.78 is 20.4. The van der Waals surface area contributed by atoms with E-state index in [0.717, 1.165) is 28.3 Å². The van der Waals surface area contributed by atoms with Crippen molar-refractivity contribution in [2.45, 2.75) is 0 Å². The molecular weight excluding hydrogens is 331 g/mol. The Morgan fingerprint density at radius 3 is 2.42 bits per heavy atom. The van der Waals surface area contributed by atoms with Gasteiger partial charge in [0, 0.05) is 29.6 Å². The van der Waals surface area contributed by atoms with Gasteiger partial charge in [-0.25, -0.2) is 9.07 Å². The van der Waals surface area contributed by atoms with Gasteiger partial charge in [-0.05, 0) is 48.5 Å². The summed E-state index contributed by atoms with van der Waals surface area (Å²) in [5, 5.41) is 8.69. The first-order valence-electron chi connectivity index (χ1n) is 8.03. The van der Waals surface area contributed by atoms with E-state index in [2.05, 4.69) is 15.3 Å². The van der Waals surface area contributed by atoms with Crippen LogP contribution >= 0.6 is 0 Å². The molecule has 4 aromatic rings. The van der Waals surface area contributed by atoms with E-state index in [9.17, 15) is 4.39 Å². The summed E-state index contributed by atoms with van der Waals surface area (Å²) in [7, 11) is 1.62. The van der Waals surface area contributed by atoms with Gasteiger partial charge in [0.15, 0.2) is 0 Å². The summed E-state index contributed by atoms with van der Waals surface area (Å²) in [6.07, 6.45) is 3.43. The van der Waals surface area contributed by atoms with Gasteiger partial charge in [-0.2, -0.15) is 0 Å². The highest BCUT2D eigenvalue weighted by atomic mass is 19.1. The van der Waals surface area contributed by atoms with Gasteiger partial charge in [0.2, 0.25) is 0 Å². The summed E-state index contributed by atoms with van der Waals surface area (Å²) in [5.41, 5.74) is 3.97. The van der Waals surface area contributed by atoms with E-state index in [0.29, 0.717) is 5.69 Å². The molecule has 6 heteroatoms. The fourth-order valence-corrected chi connectivity index (χ4v) is 2.78. The van der Waals surface area contributed by atoms with Crippen LogP contribution in [0.25, 0.3) is 28.2 Å². The predicted molar refractivity (Wildman–Crippen MR) is 96.5 cm³/mol. The van der Waals surface area contributed by atoms with Gasteiger partial charge < -0.3 is 4.74 Å². The Labute approximate surface area is 149 Å². The Hall–Kier alpha value is -3.54. The minimum Gasteiger partial charge on any atom is -0.497 e. The molecule has 0 amide bonds. The first kappa shape index (κ1) is 16.0. The number of hydrogen-bond donors (Lipinski definition) is 0. The molecule has 4 rings (SSSR count). The van der Waals surface area contributed by atoms with Gasteiger partial charge in [0.25, 0.3) is 0 Å². The lowest BCUT2D eigenvalue weighted by atomic mass is 10.1. The number of methoxy groups -OCH3 is 1. The Morgan fingerprint density at radius 2 is 1.69 bits per heavy atom. The molecule has 0 aliphatic heterocycles. The summed E-state index contributed by atoms with van der Waals surface area (Å²) in [4.78, 5) is 4.08. The first-order chi connectivity index (χ1) is 12.8. The zero-order valence-electron chi connectivity index (χ0n) is 14.0. The second kappa shape index (κ2) is 6.76. The normalized spacial score (nSPS) is 10.7. The average molecular weight is 346 g/mol. The van der Waals surface area contributed by atoms with Crippen LogP contribution in [-0.4, -0.2) is 27.1 Å². The summed E-state index contributed by atoms with van der Waals surface area (Å²) >= 11 is 0. The molecule has 128 valence electrons. The largest absolute Gasteiger partial charge is 0.497 e. The van der Waals surface area contributed by atoms with Gasteiger partial charge in [0.05, 0.1) is 12.8 Å². The number of aromatic nitrogens is 4. The van der Waals surface area contributed by atoms with Gasteiger partial charge in [0.1, 0.15) is 23.0 Å². The third-order valence-electron chi connectivity index (χ3n) is 4.04. The molecule has 26 heavy (non-hydrogen) atoms. The van der Waals surface area contributed by atoms with E-state index in [1.54, 1.807) is 36.3 Å². The third kappa shape index (κ3) is 2.93. The summed E-state index contributed by atoms with van der Waals surface area (Å²) in [5.74, 6) is 0.432. The molecule has 2 aromatic heterocycles. The molecule has 0 N–H and O–H groups in total. The Kier molecular flexibility index (Phi) is 4.15. The molecule has 0 fully saturated rings. The molecule has 0 atom stereocenters. The number of rotatable bonds is 4. The fourth-order valence-electron chi connectivity index (χ4n) is 2.78. The van der Waals surface area contributed by atoms with Crippen LogP contribution < -0.4 is 4.74 Å². The van der Waals surface area contributed by atoms with Crippen molar-refractivity contribution in [1.29, 1.82) is 0 Å². The number of ether oxygens (including phenoxy) is 1. The number of nitrogens with zero attached hydrogens (tertiary/aromatic N) is 4. The maximum absolute atomic E-state index is 13.3. The van der Waals surface area contributed by atoms with Crippen LogP contribution in [0.5, 0.6) is 5.75 Å². The van der Waals surface area contributed by atoms with Gasteiger partial charge in [-0.1, -0.05) is 11.3 Å². The molecule has 0 bridgehead atoms. The Bertz CT molecular complexity index is 1030. The topological polar surface area (TPSA) is 52.8 Å². The molecule has 2 aromatic carbocycles. The zero-order valence-corrected chi connectivity index (χ0v) is 14.0. The molecule has 0 unspecified atom stereocenters. The van der Waals surface area contributed by atoms with Gasteiger partial charge in [-0.15, -0.1) is 5.10 Å². The molecule has 5 nitrogen and oxygen atoms in total. The van der Waals surface area contributed by atoms with Gasteiger partial charge >= 0.3 is 0 Å². The van der Waals surface area contributed by atoms with Crippen LogP contribution in [0.15, 0.2) is 73.1 Å². The predicted octanol–water partition coefficient (Wildman–Crippen LogP) is 4.14. The van der Waals surface area contributed by atoms with Crippen LogP contribution in [0.3, 0.4) is 0 Å². The smallest absolute Gasteiger partial charge is 0.123 e. The summed E-state index contributed by atoms with van der Waals surface area (Å²) in [6, 6.07) is 17.6. The highest BCUT2D eigenvalue weighted by molar-refractivity contribution is 5.79. The highest BCUT2D eigenvalue weighted by Crippen LogP contribution is 2.32. The third-order valence-corrected chi connectivity index (χ3v) is 4.04.